The third-order valence-electron chi connectivity index (χ3n) is 6.36. The first-order valence-electron chi connectivity index (χ1n) is 11.7. The van der Waals surface area contributed by atoms with E-state index in [1.807, 2.05) is 12.1 Å². The van der Waals surface area contributed by atoms with Crippen LogP contribution in [0.3, 0.4) is 0 Å². The lowest BCUT2D eigenvalue weighted by molar-refractivity contribution is -0.163. The van der Waals surface area contributed by atoms with Crippen LogP contribution in [-0.2, 0) is 4.74 Å². The molecule has 4 rings (SSSR count). The van der Waals surface area contributed by atoms with Crippen LogP contribution in [0, 0.1) is 0 Å². The van der Waals surface area contributed by atoms with Gasteiger partial charge in [0.25, 0.3) is 5.91 Å². The Labute approximate surface area is 197 Å². The maximum absolute atomic E-state index is 13.5. The molecule has 0 spiro atoms. The highest BCUT2D eigenvalue weighted by Crippen LogP contribution is 2.34. The highest BCUT2D eigenvalue weighted by atomic mass is 19.4. The van der Waals surface area contributed by atoms with E-state index in [4.69, 9.17) is 9.15 Å². The van der Waals surface area contributed by atoms with Gasteiger partial charge >= 0.3 is 6.18 Å². The fourth-order valence-corrected chi connectivity index (χ4v) is 4.41. The second-order valence-corrected chi connectivity index (χ2v) is 8.67. The smallest absolute Gasteiger partial charge is 0.411 e. The number of hydrogen-bond acceptors (Lipinski definition) is 6. The predicted molar refractivity (Wildman–Crippen MR) is 122 cm³/mol. The molecule has 3 heterocycles. The van der Waals surface area contributed by atoms with Crippen LogP contribution in [0.4, 0.5) is 18.9 Å². The van der Waals surface area contributed by atoms with E-state index in [1.54, 1.807) is 12.1 Å². The second-order valence-electron chi connectivity index (χ2n) is 8.67. The number of benzene rings is 1. The summed E-state index contributed by atoms with van der Waals surface area (Å²) in [6, 6.07) is 8.12. The zero-order valence-electron chi connectivity index (χ0n) is 19.0. The maximum Gasteiger partial charge on any atom is 0.411 e. The lowest BCUT2D eigenvalue weighted by atomic mass is 10.0. The minimum Gasteiger partial charge on any atom is -0.467 e. The van der Waals surface area contributed by atoms with Crippen LogP contribution in [0.25, 0.3) is 0 Å². The van der Waals surface area contributed by atoms with Crippen molar-refractivity contribution in [1.29, 1.82) is 0 Å². The Hall–Kier alpha value is -2.56. The van der Waals surface area contributed by atoms with Crippen molar-refractivity contribution in [3.05, 3.63) is 54.0 Å². The Kier molecular flexibility index (Phi) is 8.12. The van der Waals surface area contributed by atoms with Crippen molar-refractivity contribution in [3.63, 3.8) is 0 Å². The Bertz CT molecular complexity index is 891. The van der Waals surface area contributed by atoms with Gasteiger partial charge in [0.1, 0.15) is 5.76 Å². The molecular formula is C24H31F3N4O3. The monoisotopic (exact) mass is 480 g/mol. The highest BCUT2D eigenvalue weighted by Gasteiger charge is 2.44. The number of morpholine rings is 1. The zero-order valence-corrected chi connectivity index (χ0v) is 19.0. The van der Waals surface area contributed by atoms with Gasteiger partial charge in [0.15, 0.2) is 6.04 Å². The van der Waals surface area contributed by atoms with Crippen LogP contribution < -0.4 is 15.5 Å². The van der Waals surface area contributed by atoms with Crippen LogP contribution in [0.15, 0.2) is 47.1 Å². The number of nitrogens with zero attached hydrogens (tertiary/aromatic N) is 2. The van der Waals surface area contributed by atoms with Crippen molar-refractivity contribution in [2.24, 2.45) is 0 Å². The van der Waals surface area contributed by atoms with Crippen molar-refractivity contribution in [1.82, 2.24) is 15.5 Å². The Morgan fingerprint density at radius 3 is 2.38 bits per heavy atom. The molecule has 0 saturated carbocycles. The van der Waals surface area contributed by atoms with Gasteiger partial charge in [-0.1, -0.05) is 0 Å². The molecule has 2 aromatic rings. The summed E-state index contributed by atoms with van der Waals surface area (Å²) < 4.78 is 50.8. The van der Waals surface area contributed by atoms with E-state index >= 15 is 0 Å². The van der Waals surface area contributed by atoms with Crippen LogP contribution in [0.1, 0.15) is 35.0 Å². The third-order valence-corrected chi connectivity index (χ3v) is 6.36. The summed E-state index contributed by atoms with van der Waals surface area (Å²) in [5, 5.41) is 5.68. The first kappa shape index (κ1) is 24.6. The van der Waals surface area contributed by atoms with Gasteiger partial charge in [-0.15, -0.1) is 0 Å². The number of halogens is 3. The Morgan fingerprint density at radius 2 is 1.76 bits per heavy atom. The molecule has 2 fully saturated rings. The number of carbonyl (C=O) groups excluding carboxylic acids is 1. The Morgan fingerprint density at radius 1 is 1.06 bits per heavy atom. The van der Waals surface area contributed by atoms with Gasteiger partial charge in [0, 0.05) is 56.6 Å². The molecule has 2 saturated heterocycles. The van der Waals surface area contributed by atoms with Crippen LogP contribution >= 0.6 is 0 Å². The fraction of sp³-hybridized carbons (Fsp3) is 0.542. The van der Waals surface area contributed by atoms with Gasteiger partial charge in [-0.3, -0.25) is 15.0 Å². The minimum atomic E-state index is -4.42. The number of rotatable bonds is 8. The predicted octanol–water partition coefficient (Wildman–Crippen LogP) is 3.20. The van der Waals surface area contributed by atoms with E-state index in [1.165, 1.54) is 18.4 Å². The van der Waals surface area contributed by atoms with Gasteiger partial charge < -0.3 is 19.4 Å². The van der Waals surface area contributed by atoms with E-state index in [0.29, 0.717) is 38.0 Å². The molecule has 1 amide bonds. The highest BCUT2D eigenvalue weighted by molar-refractivity contribution is 5.94. The number of amides is 1. The number of carbonyl (C=O) groups is 1. The van der Waals surface area contributed by atoms with Crippen LogP contribution in [-0.4, -0.2) is 75.5 Å². The summed E-state index contributed by atoms with van der Waals surface area (Å²) in [4.78, 5) is 16.8. The molecule has 2 aliphatic rings. The van der Waals surface area contributed by atoms with Gasteiger partial charge in [-0.25, -0.2) is 0 Å². The summed E-state index contributed by atoms with van der Waals surface area (Å²) >= 11 is 0. The summed E-state index contributed by atoms with van der Waals surface area (Å²) in [7, 11) is 0. The maximum atomic E-state index is 13.5. The molecule has 2 aliphatic heterocycles. The molecule has 7 nitrogen and oxygen atoms in total. The first-order chi connectivity index (χ1) is 16.4. The minimum absolute atomic E-state index is 0.112. The molecule has 2 N–H and O–H groups in total. The average molecular weight is 481 g/mol. The van der Waals surface area contributed by atoms with E-state index < -0.39 is 12.2 Å². The zero-order chi connectivity index (χ0) is 24.0. The molecule has 10 heteroatoms. The molecule has 0 unspecified atom stereocenters. The summed E-state index contributed by atoms with van der Waals surface area (Å²) in [6.45, 7) is 5.87. The number of nitrogens with one attached hydrogen (secondary N) is 2. The van der Waals surface area contributed by atoms with E-state index in [2.05, 4.69) is 20.4 Å². The summed E-state index contributed by atoms with van der Waals surface area (Å²) in [5.41, 5.74) is 1.55. The molecule has 0 bridgehead atoms. The lowest BCUT2D eigenvalue weighted by Crippen LogP contribution is -2.47. The SMILES string of the molecule is O=C(NCCN1CCOCC1)c1ccc(N2CCC(N[C@H](c3ccco3)C(F)(F)F)CC2)cc1. The second kappa shape index (κ2) is 11.2. The number of alkyl halides is 3. The number of hydrogen-bond donors (Lipinski definition) is 2. The first-order valence-corrected chi connectivity index (χ1v) is 11.7. The number of anilines is 1. The molecule has 1 aromatic heterocycles. The van der Waals surface area contributed by atoms with Gasteiger partial charge in [0.05, 0.1) is 19.5 Å². The van der Waals surface area contributed by atoms with Crippen molar-refractivity contribution < 1.29 is 27.1 Å². The quantitative estimate of drug-likeness (QED) is 0.605. The largest absolute Gasteiger partial charge is 0.467 e. The number of furan rings is 1. The fourth-order valence-electron chi connectivity index (χ4n) is 4.41. The number of ether oxygens (including phenoxy) is 1. The van der Waals surface area contributed by atoms with E-state index in [9.17, 15) is 18.0 Å². The Balaban J connectivity index is 1.24. The van der Waals surface area contributed by atoms with E-state index in [-0.39, 0.29) is 17.7 Å². The van der Waals surface area contributed by atoms with Gasteiger partial charge in [-0.2, -0.15) is 13.2 Å². The molecule has 1 aromatic carbocycles. The van der Waals surface area contributed by atoms with Gasteiger partial charge in [0.2, 0.25) is 0 Å². The molecule has 0 radical (unpaired) electrons. The standard InChI is InChI=1S/C24H31F3N4O3/c25-24(26,27)22(21-2-1-15-34-21)29-19-7-10-31(11-8-19)20-5-3-18(4-6-20)23(32)28-9-12-30-13-16-33-17-14-30/h1-6,15,19,22,29H,7-14,16-17H2,(H,28,32)/t22-/m1/s1. The molecule has 34 heavy (non-hydrogen) atoms. The number of piperidine rings is 1. The molecule has 0 aliphatic carbocycles. The topological polar surface area (TPSA) is 70.0 Å². The van der Waals surface area contributed by atoms with Crippen molar-refractivity contribution >= 4 is 11.6 Å². The summed E-state index contributed by atoms with van der Waals surface area (Å²) in [6.07, 6.45) is -2.01. The normalized spacial score (nSPS) is 19.2. The van der Waals surface area contributed by atoms with Crippen molar-refractivity contribution in [2.45, 2.75) is 31.1 Å². The van der Waals surface area contributed by atoms with Crippen molar-refractivity contribution in [3.8, 4) is 0 Å². The molecule has 1 atom stereocenters. The third kappa shape index (κ3) is 6.52. The lowest BCUT2D eigenvalue weighted by Gasteiger charge is -2.36. The molecular weight excluding hydrogens is 449 g/mol. The van der Waals surface area contributed by atoms with E-state index in [0.717, 1.165) is 38.5 Å². The molecule has 186 valence electrons. The van der Waals surface area contributed by atoms with Crippen LogP contribution in [0.2, 0.25) is 0 Å². The average Bonchev–Trinajstić information content (AvgIpc) is 3.37. The van der Waals surface area contributed by atoms with Crippen molar-refractivity contribution in [2.75, 3.05) is 57.4 Å². The summed E-state index contributed by atoms with van der Waals surface area (Å²) in [5.74, 6) is -0.229. The van der Waals surface area contributed by atoms with Crippen LogP contribution in [0.5, 0.6) is 0 Å². The van der Waals surface area contributed by atoms with Gasteiger partial charge in [-0.05, 0) is 49.2 Å².